The Labute approximate surface area is 159 Å². The number of likely N-dealkylation sites (N-methyl/N-ethyl adjacent to an activating group) is 3. The van der Waals surface area contributed by atoms with Crippen molar-refractivity contribution in [3.63, 3.8) is 0 Å². The van der Waals surface area contributed by atoms with Gasteiger partial charge in [-0.2, -0.15) is 0 Å². The molecule has 1 amide bonds. The van der Waals surface area contributed by atoms with Crippen LogP contribution in [0.5, 0.6) is 0 Å². The summed E-state index contributed by atoms with van der Waals surface area (Å²) < 4.78 is 0. The Morgan fingerprint density at radius 3 is 1.67 bits per heavy atom. The second kappa shape index (κ2) is 18.5. The second-order valence-electron chi connectivity index (χ2n) is 5.53. The molecule has 0 aliphatic heterocycles. The van der Waals surface area contributed by atoms with Gasteiger partial charge in [-0.15, -0.1) is 0 Å². The fourth-order valence-electron chi connectivity index (χ4n) is 1.73. The summed E-state index contributed by atoms with van der Waals surface area (Å²) in [4.78, 5) is 40.7. The van der Waals surface area contributed by atoms with Crippen molar-refractivity contribution in [2.75, 3.05) is 27.2 Å². The van der Waals surface area contributed by atoms with Crippen molar-refractivity contribution in [3.05, 3.63) is 0 Å². The minimum atomic E-state index is -1.05. The lowest BCUT2D eigenvalue weighted by Gasteiger charge is -2.16. The van der Waals surface area contributed by atoms with Crippen LogP contribution in [0, 0.1) is 5.92 Å². The van der Waals surface area contributed by atoms with Gasteiger partial charge in [-0.1, -0.05) is 27.2 Å². The molecule has 0 aliphatic rings. The van der Waals surface area contributed by atoms with Crippen molar-refractivity contribution in [1.29, 1.82) is 0 Å². The average Bonchev–Trinajstić information content (AvgIpc) is 2.55. The number of amides is 1. The molecule has 8 N–H and O–H groups in total. The van der Waals surface area contributed by atoms with Gasteiger partial charge in [-0.3, -0.25) is 19.2 Å². The molecule has 0 unspecified atom stereocenters. The predicted octanol–water partition coefficient (Wildman–Crippen LogP) is -1.08. The number of rotatable bonds is 11. The topological polar surface area (TPSA) is 191 Å². The van der Waals surface area contributed by atoms with E-state index in [4.69, 9.17) is 21.1 Å². The third-order valence-corrected chi connectivity index (χ3v) is 3.27. The molecule has 11 nitrogen and oxygen atoms in total. The van der Waals surface area contributed by atoms with Crippen molar-refractivity contribution in [2.24, 2.45) is 11.7 Å². The zero-order valence-corrected chi connectivity index (χ0v) is 16.6. The summed E-state index contributed by atoms with van der Waals surface area (Å²) >= 11 is 0. The molecule has 0 heterocycles. The van der Waals surface area contributed by atoms with E-state index in [1.807, 2.05) is 13.8 Å². The molecule has 0 bridgehead atoms. The highest BCUT2D eigenvalue weighted by Crippen LogP contribution is 2.06. The SMILES string of the molecule is CCN[C@@H](CC(N)=O)C(=O)O.CC[C@H](C)[C@H](NC)C(=O)O.CNCC(=O)O. The predicted molar refractivity (Wildman–Crippen MR) is 100 cm³/mol. The number of carbonyl (C=O) groups is 4. The van der Waals surface area contributed by atoms with Crippen LogP contribution in [-0.4, -0.2) is 78.4 Å². The molecule has 0 saturated heterocycles. The highest BCUT2D eigenvalue weighted by atomic mass is 16.4. The van der Waals surface area contributed by atoms with Crippen LogP contribution in [0.1, 0.15) is 33.6 Å². The second-order valence-corrected chi connectivity index (χ2v) is 5.53. The van der Waals surface area contributed by atoms with Gasteiger partial charge in [0, 0.05) is 0 Å². The molecule has 0 aromatic heterocycles. The van der Waals surface area contributed by atoms with Gasteiger partial charge in [0.15, 0.2) is 0 Å². The Morgan fingerprint density at radius 1 is 1.00 bits per heavy atom. The number of carbonyl (C=O) groups excluding carboxylic acids is 1. The Kier molecular flexibility index (Phi) is 20.3. The maximum absolute atomic E-state index is 10.5. The van der Waals surface area contributed by atoms with Gasteiger partial charge < -0.3 is 37.0 Å². The lowest BCUT2D eigenvalue weighted by Crippen LogP contribution is -2.39. The quantitative estimate of drug-likeness (QED) is 0.227. The first kappa shape index (κ1) is 29.5. The maximum Gasteiger partial charge on any atom is 0.321 e. The van der Waals surface area contributed by atoms with Gasteiger partial charge in [0.2, 0.25) is 5.91 Å². The van der Waals surface area contributed by atoms with Crippen molar-refractivity contribution in [2.45, 2.75) is 45.7 Å². The van der Waals surface area contributed by atoms with Crippen LogP contribution in [0.4, 0.5) is 0 Å². The fourth-order valence-corrected chi connectivity index (χ4v) is 1.73. The van der Waals surface area contributed by atoms with Crippen molar-refractivity contribution < 1.29 is 34.5 Å². The normalized spacial score (nSPS) is 12.9. The van der Waals surface area contributed by atoms with Gasteiger partial charge in [0.05, 0.1) is 13.0 Å². The van der Waals surface area contributed by atoms with Crippen LogP contribution in [0.15, 0.2) is 0 Å². The number of carboxylic acid groups (broad SMARTS) is 3. The summed E-state index contributed by atoms with van der Waals surface area (Å²) in [5.41, 5.74) is 4.82. The Hall–Kier alpha value is -2.24. The summed E-state index contributed by atoms with van der Waals surface area (Å²) in [6.07, 6.45) is 0.723. The molecule has 0 rings (SSSR count). The zero-order chi connectivity index (χ0) is 22.0. The van der Waals surface area contributed by atoms with E-state index in [-0.39, 0.29) is 18.9 Å². The minimum absolute atomic E-state index is 0.0417. The highest BCUT2D eigenvalue weighted by molar-refractivity contribution is 5.83. The molecule has 0 fully saturated rings. The monoisotopic (exact) mass is 394 g/mol. The summed E-state index contributed by atoms with van der Waals surface area (Å²) in [5, 5.41) is 32.8. The lowest BCUT2D eigenvalue weighted by atomic mass is 10.00. The minimum Gasteiger partial charge on any atom is -0.480 e. The van der Waals surface area contributed by atoms with Crippen LogP contribution in [0.25, 0.3) is 0 Å². The van der Waals surface area contributed by atoms with Gasteiger partial charge in [0.1, 0.15) is 12.1 Å². The first-order chi connectivity index (χ1) is 12.5. The molecular formula is C16H34N4O7. The van der Waals surface area contributed by atoms with Crippen molar-refractivity contribution in [3.8, 4) is 0 Å². The number of hydrogen-bond donors (Lipinski definition) is 7. The van der Waals surface area contributed by atoms with Crippen LogP contribution >= 0.6 is 0 Å². The highest BCUT2D eigenvalue weighted by Gasteiger charge is 2.20. The van der Waals surface area contributed by atoms with Gasteiger partial charge in [-0.25, -0.2) is 0 Å². The van der Waals surface area contributed by atoms with E-state index in [2.05, 4.69) is 16.0 Å². The summed E-state index contributed by atoms with van der Waals surface area (Å²) in [6, 6.07) is -1.25. The molecule has 0 aliphatic carbocycles. The van der Waals surface area contributed by atoms with Crippen molar-refractivity contribution in [1.82, 2.24) is 16.0 Å². The number of carboxylic acids is 3. The van der Waals surface area contributed by atoms with Crippen molar-refractivity contribution >= 4 is 23.8 Å². The van der Waals surface area contributed by atoms with Gasteiger partial charge in [-0.05, 0) is 26.6 Å². The third kappa shape index (κ3) is 19.9. The van der Waals surface area contributed by atoms with E-state index in [1.54, 1.807) is 21.0 Å². The van der Waals surface area contributed by atoms with Gasteiger partial charge in [0.25, 0.3) is 0 Å². The first-order valence-electron chi connectivity index (χ1n) is 8.49. The number of nitrogens with one attached hydrogen (secondary N) is 3. The van der Waals surface area contributed by atoms with E-state index in [0.29, 0.717) is 6.54 Å². The van der Waals surface area contributed by atoms with E-state index < -0.39 is 35.9 Å². The molecule has 0 spiro atoms. The first-order valence-corrected chi connectivity index (χ1v) is 8.49. The van der Waals surface area contributed by atoms with Crippen LogP contribution in [0.2, 0.25) is 0 Å². The largest absolute Gasteiger partial charge is 0.480 e. The lowest BCUT2D eigenvalue weighted by molar-refractivity contribution is -0.141. The Morgan fingerprint density at radius 2 is 1.52 bits per heavy atom. The van der Waals surface area contributed by atoms with E-state index in [1.165, 1.54) is 0 Å². The summed E-state index contributed by atoms with van der Waals surface area (Å²) in [7, 11) is 3.26. The molecular weight excluding hydrogens is 360 g/mol. The van der Waals surface area contributed by atoms with Crippen LogP contribution in [-0.2, 0) is 19.2 Å². The van der Waals surface area contributed by atoms with E-state index in [0.717, 1.165) is 6.42 Å². The van der Waals surface area contributed by atoms with Crippen LogP contribution < -0.4 is 21.7 Å². The average molecular weight is 394 g/mol. The van der Waals surface area contributed by atoms with E-state index in [9.17, 15) is 19.2 Å². The number of nitrogens with two attached hydrogens (primary N) is 1. The maximum atomic E-state index is 10.5. The van der Waals surface area contributed by atoms with E-state index >= 15 is 0 Å². The summed E-state index contributed by atoms with van der Waals surface area (Å²) in [6.45, 7) is 6.22. The number of aliphatic carboxylic acids is 3. The molecule has 160 valence electrons. The number of primary amides is 1. The molecule has 0 aromatic rings. The molecule has 3 atom stereocenters. The molecule has 0 saturated carbocycles. The van der Waals surface area contributed by atoms with Crippen LogP contribution in [0.3, 0.4) is 0 Å². The van der Waals surface area contributed by atoms with Gasteiger partial charge >= 0.3 is 17.9 Å². The number of hydrogen-bond acceptors (Lipinski definition) is 7. The molecule has 11 heteroatoms. The molecule has 27 heavy (non-hydrogen) atoms. The standard InChI is InChI=1S/C7H15NO2.C6H12N2O3.C3H7NO2/c1-4-5(2)6(8-3)7(9)10;1-2-8-4(6(10)11)3-5(7)9;1-4-2-3(5)6/h5-6,8H,4H2,1-3H3,(H,9,10);4,8H,2-3H2,1H3,(H2,7,9)(H,10,11);4H,2H2,1H3,(H,5,6)/t5-,6-;4-;/m00./s1. The summed E-state index contributed by atoms with van der Waals surface area (Å²) in [5.74, 6) is -3.05. The smallest absolute Gasteiger partial charge is 0.321 e. The molecule has 0 radical (unpaired) electrons. The molecule has 0 aromatic carbocycles. The Bertz CT molecular complexity index is 446. The fraction of sp³-hybridized carbons (Fsp3) is 0.750. The Balaban J connectivity index is -0.000000334. The third-order valence-electron chi connectivity index (χ3n) is 3.27. The zero-order valence-electron chi connectivity index (χ0n) is 16.6.